The second-order valence-electron chi connectivity index (χ2n) is 2.77. The Hall–Kier alpha value is -1.19. The van der Waals surface area contributed by atoms with Crippen molar-refractivity contribution in [1.82, 2.24) is 0 Å². The molecule has 0 radical (unpaired) electrons. The highest BCUT2D eigenvalue weighted by atomic mass is 35.5. The van der Waals surface area contributed by atoms with Gasteiger partial charge in [0.05, 0.1) is 12.2 Å². The molecule has 1 aromatic carbocycles. The maximum atomic E-state index is 11.3. The maximum absolute atomic E-state index is 11.3. The van der Waals surface area contributed by atoms with E-state index in [9.17, 15) is 4.79 Å². The molecule has 1 aromatic rings. The predicted octanol–water partition coefficient (Wildman–Crippen LogP) is 3.52. The van der Waals surface area contributed by atoms with Gasteiger partial charge >= 0.3 is 5.97 Å². The Morgan fingerprint density at radius 1 is 1.31 bits per heavy atom. The Morgan fingerprint density at radius 2 is 1.94 bits per heavy atom. The molecule has 0 N–H and O–H groups in total. The minimum atomic E-state index is -0.361. The number of carbonyl (C=O) groups is 1. The second kappa shape index (κ2) is 6.40. The van der Waals surface area contributed by atoms with Crippen LogP contribution in [0.1, 0.15) is 17.3 Å². The molecule has 5 heteroatoms. The van der Waals surface area contributed by atoms with E-state index in [1.165, 1.54) is 6.26 Å². The van der Waals surface area contributed by atoms with Crippen LogP contribution in [0.15, 0.2) is 35.0 Å². The summed E-state index contributed by atoms with van der Waals surface area (Å²) in [4.78, 5) is 11.3. The molecule has 86 valence electrons. The molecule has 0 amide bonds. The lowest BCUT2D eigenvalue weighted by molar-refractivity contribution is 0.0526. The molecule has 0 aliphatic heterocycles. The smallest absolute Gasteiger partial charge is 0.338 e. The lowest BCUT2D eigenvalue weighted by Gasteiger charge is -2.03. The van der Waals surface area contributed by atoms with Crippen molar-refractivity contribution < 1.29 is 14.3 Å². The number of benzene rings is 1. The summed E-state index contributed by atoms with van der Waals surface area (Å²) in [5.74, 6) is 0.173. The molecule has 0 saturated heterocycles. The molecule has 1 rings (SSSR count). The average molecular weight is 261 g/mol. The number of ether oxygens (including phenoxy) is 2. The quantitative estimate of drug-likeness (QED) is 0.614. The van der Waals surface area contributed by atoms with Gasteiger partial charge < -0.3 is 9.47 Å². The van der Waals surface area contributed by atoms with Crippen molar-refractivity contribution in [3.63, 3.8) is 0 Å². The lowest BCUT2D eigenvalue weighted by Crippen LogP contribution is -2.03. The molecule has 0 aromatic heterocycles. The van der Waals surface area contributed by atoms with E-state index < -0.39 is 0 Å². The van der Waals surface area contributed by atoms with Crippen molar-refractivity contribution in [1.29, 1.82) is 0 Å². The molecular weight excluding hydrogens is 251 g/mol. The molecular formula is C11H10Cl2O3. The zero-order valence-electron chi connectivity index (χ0n) is 8.57. The van der Waals surface area contributed by atoms with E-state index >= 15 is 0 Å². The highest BCUT2D eigenvalue weighted by molar-refractivity contribution is 6.55. The molecule has 0 saturated carbocycles. The number of hydrogen-bond acceptors (Lipinski definition) is 3. The number of rotatable bonds is 4. The van der Waals surface area contributed by atoms with Crippen molar-refractivity contribution in [3.8, 4) is 5.75 Å². The van der Waals surface area contributed by atoms with Crippen molar-refractivity contribution in [3.05, 3.63) is 40.6 Å². The molecule has 0 aliphatic carbocycles. The van der Waals surface area contributed by atoms with Crippen LogP contribution in [0, 0.1) is 0 Å². The zero-order valence-corrected chi connectivity index (χ0v) is 10.1. The van der Waals surface area contributed by atoms with Crippen LogP contribution in [-0.4, -0.2) is 12.6 Å². The Labute approximate surface area is 104 Å². The maximum Gasteiger partial charge on any atom is 0.338 e. The van der Waals surface area contributed by atoms with Gasteiger partial charge in [0.2, 0.25) is 0 Å². The first-order valence-electron chi connectivity index (χ1n) is 4.58. The third-order valence-electron chi connectivity index (χ3n) is 1.65. The monoisotopic (exact) mass is 260 g/mol. The van der Waals surface area contributed by atoms with Crippen molar-refractivity contribution in [2.24, 2.45) is 0 Å². The van der Waals surface area contributed by atoms with Crippen LogP contribution in [0.2, 0.25) is 0 Å². The summed E-state index contributed by atoms with van der Waals surface area (Å²) in [7, 11) is 0. The van der Waals surface area contributed by atoms with Crippen molar-refractivity contribution in [2.45, 2.75) is 6.92 Å². The van der Waals surface area contributed by atoms with E-state index in [2.05, 4.69) is 0 Å². The molecule has 0 heterocycles. The van der Waals surface area contributed by atoms with Crippen LogP contribution < -0.4 is 4.74 Å². The largest absolute Gasteiger partial charge is 0.463 e. The fraction of sp³-hybridized carbons (Fsp3) is 0.182. The molecule has 0 fully saturated rings. The van der Waals surface area contributed by atoms with Crippen molar-refractivity contribution >= 4 is 29.2 Å². The van der Waals surface area contributed by atoms with Gasteiger partial charge in [-0.15, -0.1) is 0 Å². The van der Waals surface area contributed by atoms with Gasteiger partial charge in [-0.05, 0) is 31.2 Å². The summed E-state index contributed by atoms with van der Waals surface area (Å²) in [5, 5.41) is 0. The summed E-state index contributed by atoms with van der Waals surface area (Å²) in [6.45, 7) is 2.10. The average Bonchev–Trinajstić information content (AvgIpc) is 2.27. The number of carbonyl (C=O) groups excluding carboxylic acids is 1. The molecule has 0 spiro atoms. The van der Waals surface area contributed by atoms with Gasteiger partial charge in [0.25, 0.3) is 0 Å². The number of halogens is 2. The lowest BCUT2D eigenvalue weighted by atomic mass is 10.2. The van der Waals surface area contributed by atoms with Gasteiger partial charge in [-0.25, -0.2) is 4.79 Å². The van der Waals surface area contributed by atoms with E-state index in [4.69, 9.17) is 32.7 Å². The molecule has 0 unspecified atom stereocenters. The van der Waals surface area contributed by atoms with Gasteiger partial charge in [0, 0.05) is 0 Å². The first kappa shape index (κ1) is 12.9. The molecule has 16 heavy (non-hydrogen) atoms. The fourth-order valence-electron chi connectivity index (χ4n) is 0.997. The second-order valence-corrected chi connectivity index (χ2v) is 3.78. The molecule has 0 atom stereocenters. The highest BCUT2D eigenvalue weighted by Crippen LogP contribution is 2.15. The minimum absolute atomic E-state index is 0.0227. The van der Waals surface area contributed by atoms with Gasteiger partial charge in [-0.3, -0.25) is 0 Å². The molecule has 3 nitrogen and oxygen atoms in total. The first-order chi connectivity index (χ1) is 7.63. The highest BCUT2D eigenvalue weighted by Gasteiger charge is 2.05. The summed E-state index contributed by atoms with van der Waals surface area (Å²) in [6.07, 6.45) is 1.20. The Kier molecular flexibility index (Phi) is 5.15. The Balaban J connectivity index is 2.68. The summed E-state index contributed by atoms with van der Waals surface area (Å²) in [6, 6.07) is 6.45. The van der Waals surface area contributed by atoms with Gasteiger partial charge in [-0.2, -0.15) is 0 Å². The van der Waals surface area contributed by atoms with Crippen LogP contribution in [0.4, 0.5) is 0 Å². The SMILES string of the molecule is CCOC(=O)c1ccc(OC=C(Cl)Cl)cc1. The number of esters is 1. The van der Waals surface area contributed by atoms with E-state index in [0.29, 0.717) is 17.9 Å². The third-order valence-corrected chi connectivity index (χ3v) is 1.83. The first-order valence-corrected chi connectivity index (χ1v) is 5.34. The van der Waals surface area contributed by atoms with Crippen LogP contribution in [0.3, 0.4) is 0 Å². The third kappa shape index (κ3) is 4.13. The standard InChI is InChI=1S/C11H10Cl2O3/c1-2-15-11(14)8-3-5-9(6-4-8)16-7-10(12)13/h3-7H,2H2,1H3. The van der Waals surface area contributed by atoms with Crippen LogP contribution >= 0.6 is 23.2 Å². The summed E-state index contributed by atoms with van der Waals surface area (Å²) in [5.41, 5.74) is 0.468. The molecule has 0 aliphatic rings. The Morgan fingerprint density at radius 3 is 2.44 bits per heavy atom. The van der Waals surface area contributed by atoms with Gasteiger partial charge in [0.15, 0.2) is 0 Å². The van der Waals surface area contributed by atoms with Gasteiger partial charge in [-0.1, -0.05) is 23.2 Å². The summed E-state index contributed by atoms with van der Waals surface area (Å²) >= 11 is 10.8. The van der Waals surface area contributed by atoms with E-state index in [1.807, 2.05) is 0 Å². The van der Waals surface area contributed by atoms with E-state index in [0.717, 1.165) is 0 Å². The van der Waals surface area contributed by atoms with Crippen LogP contribution in [-0.2, 0) is 4.74 Å². The molecule has 0 bridgehead atoms. The van der Waals surface area contributed by atoms with Crippen LogP contribution in [0.25, 0.3) is 0 Å². The zero-order chi connectivity index (χ0) is 12.0. The summed E-state index contributed by atoms with van der Waals surface area (Å²) < 4.78 is 9.94. The Bertz CT molecular complexity index is 381. The van der Waals surface area contributed by atoms with Gasteiger partial charge in [0.1, 0.15) is 16.5 Å². The van der Waals surface area contributed by atoms with Crippen molar-refractivity contribution in [2.75, 3.05) is 6.61 Å². The normalized spacial score (nSPS) is 9.44. The topological polar surface area (TPSA) is 35.5 Å². The van der Waals surface area contributed by atoms with Crippen LogP contribution in [0.5, 0.6) is 5.75 Å². The fourth-order valence-corrected chi connectivity index (χ4v) is 1.09. The number of hydrogen-bond donors (Lipinski definition) is 0. The van der Waals surface area contributed by atoms with E-state index in [-0.39, 0.29) is 10.5 Å². The minimum Gasteiger partial charge on any atom is -0.463 e. The predicted molar refractivity (Wildman–Crippen MR) is 62.8 cm³/mol. The van der Waals surface area contributed by atoms with E-state index in [1.54, 1.807) is 31.2 Å².